The highest BCUT2D eigenvalue weighted by Crippen LogP contribution is 2.21. The molecular weight excluding hydrogens is 178 g/mol. The minimum atomic E-state index is 0.308. The van der Waals surface area contributed by atoms with Crippen molar-refractivity contribution < 1.29 is 4.74 Å². The molecule has 14 heavy (non-hydrogen) atoms. The average Bonchev–Trinajstić information content (AvgIpc) is 2.27. The zero-order valence-corrected chi connectivity index (χ0v) is 7.64. The summed E-state index contributed by atoms with van der Waals surface area (Å²) < 4.78 is 5.08. The molecule has 0 saturated heterocycles. The van der Waals surface area contributed by atoms with Gasteiger partial charge in [0.1, 0.15) is 5.75 Å². The van der Waals surface area contributed by atoms with Gasteiger partial charge >= 0.3 is 5.82 Å². The molecule has 0 unspecified atom stereocenters. The van der Waals surface area contributed by atoms with Gasteiger partial charge in [-0.2, -0.15) is 0 Å². The fraction of sp³-hybridized carbons (Fsp3) is 0.100. The van der Waals surface area contributed by atoms with Gasteiger partial charge in [0.05, 0.1) is 18.6 Å². The minimum absolute atomic E-state index is 0.308. The van der Waals surface area contributed by atoms with E-state index in [4.69, 9.17) is 10.1 Å². The Labute approximate surface area is 80.8 Å². The third kappa shape index (κ3) is 1.36. The van der Waals surface area contributed by atoms with Gasteiger partial charge in [0.15, 0.2) is 5.52 Å². The van der Waals surface area contributed by atoms with Gasteiger partial charge in [0.25, 0.3) is 0 Å². The zero-order valence-electron chi connectivity index (χ0n) is 7.64. The molecule has 0 amide bonds. The van der Waals surface area contributed by atoms with Gasteiger partial charge in [0.2, 0.25) is 0 Å². The third-order valence-corrected chi connectivity index (χ3v) is 1.98. The van der Waals surface area contributed by atoms with Gasteiger partial charge in [0, 0.05) is 10.4 Å². The predicted molar refractivity (Wildman–Crippen MR) is 53.0 cm³/mol. The van der Waals surface area contributed by atoms with E-state index in [1.807, 2.05) is 24.3 Å². The Morgan fingerprint density at radius 2 is 2.14 bits per heavy atom. The topological polar surface area (TPSA) is 50.3 Å². The maximum absolute atomic E-state index is 8.54. The van der Waals surface area contributed by atoms with E-state index in [1.54, 1.807) is 13.2 Å². The number of aromatic nitrogens is 1. The number of benzene rings is 1. The Balaban J connectivity index is 2.64. The molecule has 0 saturated carbocycles. The molecular formula is C10H8N3O+. The number of ether oxygens (including phenoxy) is 1. The van der Waals surface area contributed by atoms with E-state index in [9.17, 15) is 0 Å². The molecule has 4 heteroatoms. The first-order chi connectivity index (χ1) is 6.83. The van der Waals surface area contributed by atoms with E-state index < -0.39 is 0 Å². The van der Waals surface area contributed by atoms with Gasteiger partial charge in [-0.05, 0) is 29.2 Å². The van der Waals surface area contributed by atoms with E-state index in [-0.39, 0.29) is 0 Å². The molecule has 0 bridgehead atoms. The van der Waals surface area contributed by atoms with Crippen LogP contribution in [0, 0.1) is 5.39 Å². The number of rotatable bonds is 1. The van der Waals surface area contributed by atoms with Crippen LogP contribution in [0.2, 0.25) is 0 Å². The van der Waals surface area contributed by atoms with Crippen LogP contribution in [-0.4, -0.2) is 12.1 Å². The van der Waals surface area contributed by atoms with Gasteiger partial charge in [-0.1, -0.05) is 0 Å². The van der Waals surface area contributed by atoms with Crippen LogP contribution in [0.3, 0.4) is 0 Å². The molecule has 1 aromatic heterocycles. The molecule has 0 radical (unpaired) electrons. The summed E-state index contributed by atoms with van der Waals surface area (Å²) in [7, 11) is 1.62. The van der Waals surface area contributed by atoms with Crippen LogP contribution in [0.15, 0.2) is 30.3 Å². The van der Waals surface area contributed by atoms with Crippen molar-refractivity contribution in [2.45, 2.75) is 0 Å². The highest BCUT2D eigenvalue weighted by molar-refractivity contribution is 5.81. The first-order valence-corrected chi connectivity index (χ1v) is 4.13. The summed E-state index contributed by atoms with van der Waals surface area (Å²) in [5.41, 5.74) is 0.779. The molecule has 0 aliphatic rings. The Bertz CT molecular complexity index is 516. The van der Waals surface area contributed by atoms with Crippen molar-refractivity contribution in [1.82, 2.24) is 4.98 Å². The van der Waals surface area contributed by atoms with Crippen LogP contribution in [0.1, 0.15) is 0 Å². The van der Waals surface area contributed by atoms with E-state index >= 15 is 0 Å². The summed E-state index contributed by atoms with van der Waals surface area (Å²) in [5, 5.41) is 9.49. The van der Waals surface area contributed by atoms with Crippen molar-refractivity contribution in [1.29, 1.82) is 5.39 Å². The lowest BCUT2D eigenvalue weighted by Crippen LogP contribution is -1.83. The van der Waals surface area contributed by atoms with Crippen molar-refractivity contribution >= 4 is 16.7 Å². The van der Waals surface area contributed by atoms with Crippen LogP contribution >= 0.6 is 0 Å². The quantitative estimate of drug-likeness (QED) is 0.643. The van der Waals surface area contributed by atoms with Gasteiger partial charge in [-0.25, -0.2) is 0 Å². The van der Waals surface area contributed by atoms with Crippen molar-refractivity contribution in [3.63, 3.8) is 0 Å². The predicted octanol–water partition coefficient (Wildman–Crippen LogP) is 2.73. The highest BCUT2D eigenvalue weighted by atomic mass is 16.5. The summed E-state index contributed by atoms with van der Waals surface area (Å²) in [4.78, 5) is 7.12. The number of diazo groups is 1. The molecule has 1 heterocycles. The van der Waals surface area contributed by atoms with Crippen LogP contribution in [-0.2, 0) is 0 Å². The first kappa shape index (κ1) is 8.45. The average molecular weight is 186 g/mol. The molecule has 0 spiro atoms. The largest absolute Gasteiger partial charge is 0.497 e. The Morgan fingerprint density at radius 3 is 2.86 bits per heavy atom. The summed E-state index contributed by atoms with van der Waals surface area (Å²) in [6.45, 7) is 0. The van der Waals surface area contributed by atoms with E-state index in [0.717, 1.165) is 16.7 Å². The van der Waals surface area contributed by atoms with Gasteiger partial charge in [-0.3, -0.25) is 0 Å². The lowest BCUT2D eigenvalue weighted by molar-refractivity contribution is 0.415. The van der Waals surface area contributed by atoms with Crippen molar-refractivity contribution in [3.05, 3.63) is 35.3 Å². The fourth-order valence-electron chi connectivity index (χ4n) is 1.28. The number of fused-ring (bicyclic) bond motifs is 1. The van der Waals surface area contributed by atoms with E-state index in [1.165, 1.54) is 0 Å². The highest BCUT2D eigenvalue weighted by Gasteiger charge is 2.08. The molecule has 2 aromatic rings. The third-order valence-electron chi connectivity index (χ3n) is 1.98. The molecule has 0 N–H and O–H groups in total. The SMILES string of the molecule is COc1ccc2nc([N+]#N)ccc2c1. The summed E-state index contributed by atoms with van der Waals surface area (Å²) in [6.07, 6.45) is 0. The maximum atomic E-state index is 8.54. The molecule has 0 atom stereocenters. The van der Waals surface area contributed by atoms with Gasteiger partial charge < -0.3 is 4.74 Å². The molecule has 68 valence electrons. The second-order valence-electron chi connectivity index (χ2n) is 2.83. The number of hydrogen-bond donors (Lipinski definition) is 0. The molecule has 0 aliphatic heterocycles. The lowest BCUT2D eigenvalue weighted by Gasteiger charge is -1.97. The fourth-order valence-corrected chi connectivity index (χ4v) is 1.28. The zero-order chi connectivity index (χ0) is 9.97. The number of nitrogens with zero attached hydrogens (tertiary/aromatic N) is 3. The molecule has 4 nitrogen and oxygen atoms in total. The Kier molecular flexibility index (Phi) is 1.99. The normalized spacial score (nSPS) is 9.71. The van der Waals surface area contributed by atoms with Crippen molar-refractivity contribution in [2.24, 2.45) is 0 Å². The summed E-state index contributed by atoms with van der Waals surface area (Å²) in [6, 6.07) is 8.99. The molecule has 0 fully saturated rings. The second-order valence-corrected chi connectivity index (χ2v) is 2.83. The molecule has 0 aliphatic carbocycles. The van der Waals surface area contributed by atoms with Crippen LogP contribution in [0.5, 0.6) is 5.75 Å². The van der Waals surface area contributed by atoms with Crippen molar-refractivity contribution in [3.8, 4) is 5.75 Å². The number of pyridine rings is 1. The second kappa shape index (κ2) is 3.30. The lowest BCUT2D eigenvalue weighted by atomic mass is 10.2. The number of hydrogen-bond acceptors (Lipinski definition) is 3. The summed E-state index contributed by atoms with van der Waals surface area (Å²) >= 11 is 0. The minimum Gasteiger partial charge on any atom is -0.497 e. The standard InChI is InChI=1S/C10H8N3O/c1-14-8-3-4-9-7(6-8)2-5-10(12-9)13-11/h2-6H,1H3/q+1. The number of methoxy groups -OCH3 is 1. The summed E-state index contributed by atoms with van der Waals surface area (Å²) in [5.74, 6) is 1.09. The van der Waals surface area contributed by atoms with E-state index in [0.29, 0.717) is 5.82 Å². The van der Waals surface area contributed by atoms with Crippen molar-refractivity contribution in [2.75, 3.05) is 7.11 Å². The Morgan fingerprint density at radius 1 is 1.29 bits per heavy atom. The Hall–Kier alpha value is -2.15. The smallest absolute Gasteiger partial charge is 0.465 e. The molecule has 2 rings (SSSR count). The first-order valence-electron chi connectivity index (χ1n) is 4.13. The molecule has 1 aromatic carbocycles. The van der Waals surface area contributed by atoms with E-state index in [2.05, 4.69) is 9.96 Å². The van der Waals surface area contributed by atoms with Crippen LogP contribution in [0.25, 0.3) is 15.9 Å². The van der Waals surface area contributed by atoms with Gasteiger partial charge in [-0.15, -0.1) is 0 Å². The van der Waals surface area contributed by atoms with Crippen LogP contribution in [0.4, 0.5) is 5.82 Å². The monoisotopic (exact) mass is 186 g/mol. The van der Waals surface area contributed by atoms with Crippen LogP contribution < -0.4 is 4.74 Å². The maximum Gasteiger partial charge on any atom is 0.465 e.